The first-order chi connectivity index (χ1) is 17.0. The first-order valence-corrected chi connectivity index (χ1v) is 13.0. The molecule has 0 N–H and O–H groups in total. The van der Waals surface area contributed by atoms with Crippen molar-refractivity contribution in [2.45, 2.75) is 30.8 Å². The topological polar surface area (TPSA) is 90.7 Å². The minimum Gasteiger partial charge on any atom is -0.492 e. The lowest BCUT2D eigenvalue weighted by molar-refractivity contribution is -0.119. The van der Waals surface area contributed by atoms with Gasteiger partial charge in [0, 0.05) is 30.3 Å². The number of para-hydroxylation sites is 1. The van der Waals surface area contributed by atoms with Crippen molar-refractivity contribution in [1.82, 2.24) is 4.31 Å². The summed E-state index contributed by atoms with van der Waals surface area (Å²) in [4.78, 5) is 15.0. The Kier molecular flexibility index (Phi) is 6.29. The Morgan fingerprint density at radius 3 is 2.49 bits per heavy atom. The first kappa shape index (κ1) is 23.1. The van der Waals surface area contributed by atoms with Crippen molar-refractivity contribution in [3.63, 3.8) is 0 Å². The van der Waals surface area contributed by atoms with E-state index >= 15 is 0 Å². The van der Waals surface area contributed by atoms with Crippen LogP contribution in [0.15, 0.2) is 77.7 Å². The highest BCUT2D eigenvalue weighted by molar-refractivity contribution is 7.89. The van der Waals surface area contributed by atoms with E-state index in [4.69, 9.17) is 10.00 Å². The molecule has 8 heteroatoms. The van der Waals surface area contributed by atoms with Crippen LogP contribution in [0.1, 0.15) is 29.5 Å². The molecule has 1 fully saturated rings. The fraction of sp³-hybridized carbons (Fsp3) is 0.259. The van der Waals surface area contributed by atoms with E-state index in [0.29, 0.717) is 17.9 Å². The predicted octanol–water partition coefficient (Wildman–Crippen LogP) is 4.08. The maximum absolute atomic E-state index is 13.3. The summed E-state index contributed by atoms with van der Waals surface area (Å²) in [6.45, 7) is 1.00. The summed E-state index contributed by atoms with van der Waals surface area (Å²) in [5, 5.41) is 9.00. The molecule has 0 bridgehead atoms. The number of hydrogen-bond donors (Lipinski definition) is 0. The number of fused-ring (bicyclic) bond motifs is 1. The Balaban J connectivity index is 1.41. The van der Waals surface area contributed by atoms with E-state index in [2.05, 4.69) is 0 Å². The quantitative estimate of drug-likeness (QED) is 0.523. The average molecular weight is 488 g/mol. The third-order valence-corrected chi connectivity index (χ3v) is 8.15. The van der Waals surface area contributed by atoms with E-state index in [1.54, 1.807) is 0 Å². The van der Waals surface area contributed by atoms with Gasteiger partial charge in [0.2, 0.25) is 15.9 Å². The van der Waals surface area contributed by atoms with Crippen molar-refractivity contribution in [2.75, 3.05) is 18.1 Å². The molecule has 1 saturated carbocycles. The summed E-state index contributed by atoms with van der Waals surface area (Å²) in [7, 11) is -3.77. The lowest BCUT2D eigenvalue weighted by Crippen LogP contribution is -2.32. The second-order valence-electron chi connectivity index (χ2n) is 8.80. The van der Waals surface area contributed by atoms with Gasteiger partial charge in [0.15, 0.2) is 0 Å². The zero-order chi connectivity index (χ0) is 24.4. The highest BCUT2D eigenvalue weighted by Crippen LogP contribution is 2.34. The summed E-state index contributed by atoms with van der Waals surface area (Å²) < 4.78 is 33.9. The van der Waals surface area contributed by atoms with E-state index in [1.807, 2.05) is 59.5 Å². The monoisotopic (exact) mass is 487 g/mol. The Hall–Kier alpha value is -3.67. The molecule has 7 nitrogen and oxygen atoms in total. The van der Waals surface area contributed by atoms with Gasteiger partial charge in [-0.1, -0.05) is 24.3 Å². The van der Waals surface area contributed by atoms with Crippen LogP contribution in [0.3, 0.4) is 0 Å². The summed E-state index contributed by atoms with van der Waals surface area (Å²) >= 11 is 0. The maximum atomic E-state index is 13.3. The molecule has 0 atom stereocenters. The fourth-order valence-corrected chi connectivity index (χ4v) is 5.62. The molecule has 0 saturated heterocycles. The number of ether oxygens (including phenoxy) is 1. The van der Waals surface area contributed by atoms with Crippen LogP contribution in [0.5, 0.6) is 5.75 Å². The molecule has 0 unspecified atom stereocenters. The van der Waals surface area contributed by atoms with E-state index in [1.165, 1.54) is 28.6 Å². The van der Waals surface area contributed by atoms with Crippen LogP contribution < -0.4 is 9.64 Å². The number of rotatable bonds is 6. The van der Waals surface area contributed by atoms with Gasteiger partial charge < -0.3 is 9.64 Å². The standard InChI is InChI=1S/C27H25N3O4S/c28-17-20-6-11-25(12-7-20)35(32,33)29-14-15-34-26-13-8-21(16-23(26)19-29)18-30(27(31)22-9-10-22)24-4-2-1-3-5-24/h1-8,11-13,16,22H,9-10,14-15,18-19H2. The van der Waals surface area contributed by atoms with Crippen molar-refractivity contribution in [1.29, 1.82) is 5.26 Å². The Labute approximate surface area is 205 Å². The highest BCUT2D eigenvalue weighted by atomic mass is 32.2. The smallest absolute Gasteiger partial charge is 0.243 e. The van der Waals surface area contributed by atoms with Crippen molar-refractivity contribution in [3.8, 4) is 11.8 Å². The van der Waals surface area contributed by atoms with E-state index in [9.17, 15) is 13.2 Å². The van der Waals surface area contributed by atoms with Gasteiger partial charge in [0.1, 0.15) is 12.4 Å². The molecule has 0 spiro atoms. The van der Waals surface area contributed by atoms with Gasteiger partial charge in [-0.3, -0.25) is 4.79 Å². The lowest BCUT2D eigenvalue weighted by Gasteiger charge is -2.24. The molecular formula is C27H25N3O4S. The van der Waals surface area contributed by atoms with Gasteiger partial charge in [-0.25, -0.2) is 8.42 Å². The van der Waals surface area contributed by atoms with Gasteiger partial charge in [-0.15, -0.1) is 0 Å². The molecule has 1 amide bonds. The highest BCUT2D eigenvalue weighted by Gasteiger charge is 2.34. The number of sulfonamides is 1. The van der Waals surface area contributed by atoms with Crippen LogP contribution in [0, 0.1) is 17.2 Å². The van der Waals surface area contributed by atoms with Crippen LogP contribution in [0.4, 0.5) is 5.69 Å². The van der Waals surface area contributed by atoms with Gasteiger partial charge in [0.05, 0.1) is 23.1 Å². The number of hydrogen-bond acceptors (Lipinski definition) is 5. The Morgan fingerprint density at radius 2 is 1.80 bits per heavy atom. The van der Waals surface area contributed by atoms with Crippen LogP contribution >= 0.6 is 0 Å². The van der Waals surface area contributed by atoms with E-state index in [-0.39, 0.29) is 36.4 Å². The minimum atomic E-state index is -3.77. The molecule has 3 aromatic rings. The van der Waals surface area contributed by atoms with Crippen LogP contribution in [0.2, 0.25) is 0 Å². The zero-order valence-electron chi connectivity index (χ0n) is 19.1. The van der Waals surface area contributed by atoms with Crippen LogP contribution in [0.25, 0.3) is 0 Å². The van der Waals surface area contributed by atoms with Gasteiger partial charge >= 0.3 is 0 Å². The second-order valence-corrected chi connectivity index (χ2v) is 10.7. The third kappa shape index (κ3) is 4.92. The van der Waals surface area contributed by atoms with Gasteiger partial charge in [0.25, 0.3) is 0 Å². The number of benzene rings is 3. The zero-order valence-corrected chi connectivity index (χ0v) is 19.9. The number of nitriles is 1. The molecular weight excluding hydrogens is 462 g/mol. The number of carbonyl (C=O) groups excluding carboxylic acids is 1. The number of amides is 1. The number of carbonyl (C=O) groups is 1. The molecule has 0 aromatic heterocycles. The van der Waals surface area contributed by atoms with Gasteiger partial charge in [-0.2, -0.15) is 9.57 Å². The number of nitrogens with zero attached hydrogens (tertiary/aromatic N) is 3. The summed E-state index contributed by atoms with van der Waals surface area (Å²) in [6, 6.07) is 23.2. The number of anilines is 1. The largest absolute Gasteiger partial charge is 0.492 e. The second kappa shape index (κ2) is 9.53. The van der Waals surface area contributed by atoms with Crippen LogP contribution in [-0.2, 0) is 27.9 Å². The SMILES string of the molecule is N#Cc1ccc(S(=O)(=O)N2CCOc3ccc(CN(C(=O)C4CC4)c4ccccc4)cc3C2)cc1. The maximum Gasteiger partial charge on any atom is 0.243 e. The molecule has 2 aliphatic rings. The van der Waals surface area contributed by atoms with Crippen molar-refractivity contribution >= 4 is 21.6 Å². The van der Waals surface area contributed by atoms with Crippen molar-refractivity contribution in [3.05, 3.63) is 89.5 Å². The average Bonchev–Trinajstić information content (AvgIpc) is 3.74. The summed E-state index contributed by atoms with van der Waals surface area (Å²) in [6.07, 6.45) is 1.84. The molecule has 1 aliphatic carbocycles. The van der Waals surface area contributed by atoms with Crippen molar-refractivity contribution < 1.29 is 17.9 Å². The van der Waals surface area contributed by atoms with Gasteiger partial charge in [-0.05, 0) is 66.9 Å². The predicted molar refractivity (Wildman–Crippen MR) is 131 cm³/mol. The van der Waals surface area contributed by atoms with E-state index < -0.39 is 10.0 Å². The normalized spacial score (nSPS) is 15.9. The molecule has 178 valence electrons. The molecule has 35 heavy (non-hydrogen) atoms. The first-order valence-electron chi connectivity index (χ1n) is 11.6. The third-order valence-electron chi connectivity index (χ3n) is 6.29. The fourth-order valence-electron chi connectivity index (χ4n) is 4.22. The van der Waals surface area contributed by atoms with Crippen LogP contribution in [-0.4, -0.2) is 31.8 Å². The molecule has 1 heterocycles. The summed E-state index contributed by atoms with van der Waals surface area (Å²) in [5.74, 6) is 0.839. The van der Waals surface area contributed by atoms with E-state index in [0.717, 1.165) is 29.7 Å². The summed E-state index contributed by atoms with van der Waals surface area (Å²) in [5.41, 5.74) is 2.91. The Morgan fingerprint density at radius 1 is 1.06 bits per heavy atom. The molecule has 0 radical (unpaired) electrons. The van der Waals surface area contributed by atoms with Crippen molar-refractivity contribution in [2.24, 2.45) is 5.92 Å². The Bertz CT molecular complexity index is 1380. The minimum absolute atomic E-state index is 0.0763. The molecule has 5 rings (SSSR count). The molecule has 3 aromatic carbocycles. The molecule has 1 aliphatic heterocycles. The lowest BCUT2D eigenvalue weighted by atomic mass is 10.1.